The summed E-state index contributed by atoms with van der Waals surface area (Å²) in [5, 5.41) is 3.70. The van der Waals surface area contributed by atoms with Crippen LogP contribution in [0.4, 0.5) is 0 Å². The number of aromatic nitrogens is 1. The molecule has 0 saturated carbocycles. The highest BCUT2D eigenvalue weighted by Crippen LogP contribution is 2.24. The minimum absolute atomic E-state index is 0.114. The van der Waals surface area contributed by atoms with E-state index in [0.717, 1.165) is 0 Å². The molecule has 0 unspecified atom stereocenters. The fourth-order valence-corrected chi connectivity index (χ4v) is 4.37. The molecule has 8 nitrogen and oxygen atoms in total. The third kappa shape index (κ3) is 2.77. The van der Waals surface area contributed by atoms with Crippen molar-refractivity contribution in [2.45, 2.75) is 18.7 Å². The monoisotopic (exact) mass is 339 g/mol. The number of carbonyl (C=O) groups is 1. The number of furan rings is 1. The molecular weight excluding hydrogens is 322 g/mol. The van der Waals surface area contributed by atoms with Gasteiger partial charge in [-0.3, -0.25) is 4.79 Å². The summed E-state index contributed by atoms with van der Waals surface area (Å²) in [6.07, 6.45) is 1.44. The number of sulfonamides is 1. The van der Waals surface area contributed by atoms with Gasteiger partial charge in [0.1, 0.15) is 10.6 Å². The van der Waals surface area contributed by atoms with Crippen LogP contribution in [0.25, 0.3) is 0 Å². The van der Waals surface area contributed by atoms with E-state index in [0.29, 0.717) is 18.8 Å². The standard InChI is InChI=1S/C14H17N3O5S/c1-10-13(11(2)22-15-10)23(19,20)17-7-5-16(6-8-17)14(18)12-4-3-9-21-12/h3-4,9H,5-8H2,1-2H3. The SMILES string of the molecule is Cc1noc(C)c1S(=O)(=O)N1CCN(C(=O)c2ccco2)CC1. The molecular formula is C14H17N3O5S. The summed E-state index contributed by atoms with van der Waals surface area (Å²) in [7, 11) is -3.67. The van der Waals surface area contributed by atoms with Crippen molar-refractivity contribution in [1.29, 1.82) is 0 Å². The third-order valence-electron chi connectivity index (χ3n) is 3.82. The fraction of sp³-hybridized carbons (Fsp3) is 0.429. The normalized spacial score (nSPS) is 16.7. The van der Waals surface area contributed by atoms with Crippen LogP contribution in [0.2, 0.25) is 0 Å². The average Bonchev–Trinajstić information content (AvgIpc) is 3.17. The number of carbonyl (C=O) groups excluding carboxylic acids is 1. The Morgan fingerprint density at radius 2 is 1.91 bits per heavy atom. The maximum Gasteiger partial charge on any atom is 0.289 e. The zero-order valence-corrected chi connectivity index (χ0v) is 13.7. The van der Waals surface area contributed by atoms with Gasteiger partial charge in [0, 0.05) is 26.2 Å². The molecule has 0 atom stereocenters. The number of hydrogen-bond acceptors (Lipinski definition) is 6. The first-order chi connectivity index (χ1) is 10.9. The van der Waals surface area contributed by atoms with E-state index in [4.69, 9.17) is 8.94 Å². The largest absolute Gasteiger partial charge is 0.459 e. The summed E-state index contributed by atoms with van der Waals surface area (Å²) in [4.78, 5) is 13.9. The van der Waals surface area contributed by atoms with Crippen molar-refractivity contribution >= 4 is 15.9 Å². The quantitative estimate of drug-likeness (QED) is 0.828. The molecule has 0 bridgehead atoms. The topological polar surface area (TPSA) is 96.9 Å². The highest BCUT2D eigenvalue weighted by atomic mass is 32.2. The van der Waals surface area contributed by atoms with Crippen molar-refractivity contribution in [3.8, 4) is 0 Å². The summed E-state index contributed by atoms with van der Waals surface area (Å²) in [6, 6.07) is 3.24. The zero-order valence-electron chi connectivity index (χ0n) is 12.9. The Balaban J connectivity index is 1.73. The van der Waals surface area contributed by atoms with Gasteiger partial charge in [0.05, 0.1) is 6.26 Å². The number of rotatable bonds is 3. The van der Waals surface area contributed by atoms with Crippen LogP contribution in [0.15, 0.2) is 32.2 Å². The Morgan fingerprint density at radius 1 is 1.22 bits per heavy atom. The van der Waals surface area contributed by atoms with Gasteiger partial charge in [0.25, 0.3) is 5.91 Å². The molecule has 124 valence electrons. The minimum Gasteiger partial charge on any atom is -0.459 e. The lowest BCUT2D eigenvalue weighted by Gasteiger charge is -2.33. The number of hydrogen-bond donors (Lipinski definition) is 0. The number of piperazine rings is 1. The molecule has 2 aromatic rings. The fourth-order valence-electron chi connectivity index (χ4n) is 2.66. The van der Waals surface area contributed by atoms with Crippen LogP contribution in [0.5, 0.6) is 0 Å². The van der Waals surface area contributed by atoms with Gasteiger partial charge in [-0.1, -0.05) is 5.16 Å². The first-order valence-corrected chi connectivity index (χ1v) is 8.61. The van der Waals surface area contributed by atoms with Gasteiger partial charge in [-0.05, 0) is 26.0 Å². The van der Waals surface area contributed by atoms with Gasteiger partial charge >= 0.3 is 0 Å². The predicted octanol–water partition coefficient (Wildman–Crippen LogP) is 1.03. The maximum atomic E-state index is 12.7. The smallest absolute Gasteiger partial charge is 0.289 e. The summed E-state index contributed by atoms with van der Waals surface area (Å²) in [6.45, 7) is 4.23. The van der Waals surface area contributed by atoms with Crippen LogP contribution < -0.4 is 0 Å². The summed E-state index contributed by atoms with van der Waals surface area (Å²) in [5.41, 5.74) is 0.344. The number of aryl methyl sites for hydroxylation is 2. The molecule has 1 amide bonds. The van der Waals surface area contributed by atoms with Crippen molar-refractivity contribution in [3.63, 3.8) is 0 Å². The van der Waals surface area contributed by atoms with Gasteiger partial charge in [0.2, 0.25) is 10.0 Å². The number of nitrogens with zero attached hydrogens (tertiary/aromatic N) is 3. The molecule has 9 heteroatoms. The van der Waals surface area contributed by atoms with E-state index in [-0.39, 0.29) is 35.4 Å². The molecule has 0 N–H and O–H groups in total. The second kappa shape index (κ2) is 5.82. The van der Waals surface area contributed by atoms with Gasteiger partial charge < -0.3 is 13.8 Å². The second-order valence-electron chi connectivity index (χ2n) is 5.33. The Bertz CT molecular complexity index is 782. The summed E-state index contributed by atoms with van der Waals surface area (Å²) >= 11 is 0. The highest BCUT2D eigenvalue weighted by molar-refractivity contribution is 7.89. The lowest BCUT2D eigenvalue weighted by atomic mass is 10.3. The Kier molecular flexibility index (Phi) is 3.99. The van der Waals surface area contributed by atoms with Crippen molar-refractivity contribution in [2.24, 2.45) is 0 Å². The molecule has 3 heterocycles. The van der Waals surface area contributed by atoms with Gasteiger partial charge in [-0.2, -0.15) is 4.31 Å². The molecule has 23 heavy (non-hydrogen) atoms. The van der Waals surface area contributed by atoms with Crippen molar-refractivity contribution in [2.75, 3.05) is 26.2 Å². The highest BCUT2D eigenvalue weighted by Gasteiger charge is 2.34. The second-order valence-corrected chi connectivity index (χ2v) is 7.20. The molecule has 1 saturated heterocycles. The van der Waals surface area contributed by atoms with E-state index in [2.05, 4.69) is 5.16 Å². The molecule has 0 radical (unpaired) electrons. The Morgan fingerprint density at radius 3 is 2.43 bits per heavy atom. The zero-order chi connectivity index (χ0) is 16.6. The predicted molar refractivity (Wildman–Crippen MR) is 79.3 cm³/mol. The van der Waals surface area contributed by atoms with E-state index >= 15 is 0 Å². The molecule has 3 rings (SSSR count). The van der Waals surface area contributed by atoms with Crippen LogP contribution in [-0.4, -0.2) is 54.9 Å². The van der Waals surface area contributed by atoms with E-state index in [1.165, 1.54) is 10.6 Å². The Labute approximate surface area is 133 Å². The van der Waals surface area contributed by atoms with Crippen molar-refractivity contribution in [3.05, 3.63) is 35.6 Å². The first kappa shape index (κ1) is 15.8. The molecule has 0 aliphatic carbocycles. The summed E-state index contributed by atoms with van der Waals surface area (Å²) < 4.78 is 36.8. The molecule has 1 fully saturated rings. The van der Waals surface area contributed by atoms with Crippen LogP contribution in [0.1, 0.15) is 22.0 Å². The average molecular weight is 339 g/mol. The summed E-state index contributed by atoms with van der Waals surface area (Å²) in [5.74, 6) is 0.299. The minimum atomic E-state index is -3.67. The van der Waals surface area contributed by atoms with Crippen molar-refractivity contribution in [1.82, 2.24) is 14.4 Å². The molecule has 1 aliphatic heterocycles. The molecule has 0 spiro atoms. The lowest BCUT2D eigenvalue weighted by molar-refractivity contribution is 0.0666. The molecule has 1 aliphatic rings. The molecule has 2 aromatic heterocycles. The number of amides is 1. The Hall–Kier alpha value is -2.13. The van der Waals surface area contributed by atoms with Crippen LogP contribution >= 0.6 is 0 Å². The molecule has 0 aromatic carbocycles. The first-order valence-electron chi connectivity index (χ1n) is 7.17. The third-order valence-corrected chi connectivity index (χ3v) is 5.97. The maximum absolute atomic E-state index is 12.7. The van der Waals surface area contributed by atoms with Crippen molar-refractivity contribution < 1.29 is 22.2 Å². The van der Waals surface area contributed by atoms with Crippen LogP contribution in [0.3, 0.4) is 0 Å². The van der Waals surface area contributed by atoms with Gasteiger partial charge in [0.15, 0.2) is 11.5 Å². The van der Waals surface area contributed by atoms with Gasteiger partial charge in [-0.25, -0.2) is 8.42 Å². The lowest BCUT2D eigenvalue weighted by Crippen LogP contribution is -2.50. The van der Waals surface area contributed by atoms with Crippen LogP contribution in [0, 0.1) is 13.8 Å². The van der Waals surface area contributed by atoms with E-state index < -0.39 is 10.0 Å². The van der Waals surface area contributed by atoms with E-state index in [1.807, 2.05) is 0 Å². The van der Waals surface area contributed by atoms with Gasteiger partial charge in [-0.15, -0.1) is 0 Å². The van der Waals surface area contributed by atoms with E-state index in [1.54, 1.807) is 30.9 Å². The van der Waals surface area contributed by atoms with Crippen LogP contribution in [-0.2, 0) is 10.0 Å². The van der Waals surface area contributed by atoms with E-state index in [9.17, 15) is 13.2 Å².